The molecular formula is C19H16ClN3O6. The molecule has 0 heterocycles. The molecule has 2 aromatic rings. The maximum Gasteiger partial charge on any atom is 0.271 e. The smallest absolute Gasteiger partial charge is 0.271 e. The van der Waals surface area contributed by atoms with Gasteiger partial charge in [0.2, 0.25) is 0 Å². The number of carbonyl (C=O) groups excluding carboxylic acids is 1. The van der Waals surface area contributed by atoms with Crippen molar-refractivity contribution in [1.82, 2.24) is 0 Å². The highest BCUT2D eigenvalue weighted by Gasteiger charge is 2.17. The number of nitriles is 1. The highest BCUT2D eigenvalue weighted by atomic mass is 35.5. The fraction of sp³-hybridized carbons (Fsp3) is 0.158. The van der Waals surface area contributed by atoms with E-state index >= 15 is 0 Å². The zero-order chi connectivity index (χ0) is 21.6. The topological polar surface area (TPSA) is 124 Å². The van der Waals surface area contributed by atoms with E-state index in [4.69, 9.17) is 25.8 Å². The number of nitrogens with zero attached hydrogens (tertiary/aromatic N) is 2. The van der Waals surface area contributed by atoms with E-state index in [-0.39, 0.29) is 22.0 Å². The number of halogens is 1. The standard InChI is InChI=1S/C19H16ClN3O6/c1-27-16-9-18(29-3)17(28-2)7-11(16)6-12(10-21)19(24)22-15-8-13(23(25)26)4-5-14(15)20/h4-9H,1-3H3,(H,22,24)/b12-6+. The lowest BCUT2D eigenvalue weighted by Crippen LogP contribution is -2.14. The van der Waals surface area contributed by atoms with Crippen LogP contribution in [0.1, 0.15) is 5.56 Å². The van der Waals surface area contributed by atoms with E-state index in [1.165, 1.54) is 39.5 Å². The van der Waals surface area contributed by atoms with Crippen LogP contribution in [0.2, 0.25) is 5.02 Å². The largest absolute Gasteiger partial charge is 0.496 e. The van der Waals surface area contributed by atoms with E-state index in [0.29, 0.717) is 22.8 Å². The van der Waals surface area contributed by atoms with Gasteiger partial charge < -0.3 is 19.5 Å². The number of carbonyl (C=O) groups is 1. The van der Waals surface area contributed by atoms with Crippen molar-refractivity contribution in [2.24, 2.45) is 0 Å². The van der Waals surface area contributed by atoms with Crippen LogP contribution in [0.15, 0.2) is 35.9 Å². The van der Waals surface area contributed by atoms with Gasteiger partial charge in [0.1, 0.15) is 17.4 Å². The molecule has 10 heteroatoms. The van der Waals surface area contributed by atoms with Gasteiger partial charge in [-0.15, -0.1) is 0 Å². The van der Waals surface area contributed by atoms with Gasteiger partial charge in [0.05, 0.1) is 37.0 Å². The van der Waals surface area contributed by atoms with Gasteiger partial charge in [-0.2, -0.15) is 5.26 Å². The Morgan fingerprint density at radius 2 is 1.76 bits per heavy atom. The molecule has 0 aromatic heterocycles. The molecule has 0 aliphatic carbocycles. The molecule has 1 amide bonds. The molecule has 0 unspecified atom stereocenters. The summed E-state index contributed by atoms with van der Waals surface area (Å²) in [7, 11) is 4.33. The van der Waals surface area contributed by atoms with Crippen molar-refractivity contribution in [3.05, 3.63) is 56.6 Å². The highest BCUT2D eigenvalue weighted by molar-refractivity contribution is 6.34. The molecule has 0 radical (unpaired) electrons. The number of nitro groups is 1. The summed E-state index contributed by atoms with van der Waals surface area (Å²) in [5.41, 5.74) is -0.139. The second kappa shape index (κ2) is 9.43. The molecular weight excluding hydrogens is 402 g/mol. The molecule has 0 saturated carbocycles. The average Bonchev–Trinajstić information content (AvgIpc) is 2.72. The number of nitro benzene ring substituents is 1. The summed E-state index contributed by atoms with van der Waals surface area (Å²) in [6.07, 6.45) is 1.29. The van der Waals surface area contributed by atoms with E-state index in [1.54, 1.807) is 18.2 Å². The van der Waals surface area contributed by atoms with Crippen LogP contribution in [0, 0.1) is 21.4 Å². The molecule has 0 atom stereocenters. The summed E-state index contributed by atoms with van der Waals surface area (Å²) in [5, 5.41) is 22.8. The minimum atomic E-state index is -0.799. The van der Waals surface area contributed by atoms with E-state index < -0.39 is 10.8 Å². The van der Waals surface area contributed by atoms with Crippen molar-refractivity contribution in [3.8, 4) is 23.3 Å². The van der Waals surface area contributed by atoms with Gasteiger partial charge in [-0.05, 0) is 18.2 Å². The first-order chi connectivity index (χ1) is 13.8. The molecule has 0 spiro atoms. The summed E-state index contributed by atoms with van der Waals surface area (Å²) in [6.45, 7) is 0. The number of nitrogens with one attached hydrogen (secondary N) is 1. The van der Waals surface area contributed by atoms with Crippen molar-refractivity contribution in [3.63, 3.8) is 0 Å². The molecule has 0 saturated heterocycles. The first-order valence-electron chi connectivity index (χ1n) is 8.01. The van der Waals surface area contributed by atoms with Crippen LogP contribution in [-0.2, 0) is 4.79 Å². The molecule has 0 bridgehead atoms. The van der Waals surface area contributed by atoms with Gasteiger partial charge in [-0.1, -0.05) is 11.6 Å². The van der Waals surface area contributed by atoms with Crippen molar-refractivity contribution in [2.45, 2.75) is 0 Å². The van der Waals surface area contributed by atoms with Crippen LogP contribution in [-0.4, -0.2) is 32.2 Å². The van der Waals surface area contributed by atoms with Crippen LogP contribution in [0.3, 0.4) is 0 Å². The van der Waals surface area contributed by atoms with Crippen LogP contribution in [0.25, 0.3) is 6.08 Å². The van der Waals surface area contributed by atoms with Crippen LogP contribution in [0.4, 0.5) is 11.4 Å². The third-order valence-corrected chi connectivity index (χ3v) is 4.14. The monoisotopic (exact) mass is 417 g/mol. The fourth-order valence-electron chi connectivity index (χ4n) is 2.38. The van der Waals surface area contributed by atoms with Gasteiger partial charge in [-0.3, -0.25) is 14.9 Å². The summed E-state index contributed by atoms with van der Waals surface area (Å²) in [4.78, 5) is 22.8. The van der Waals surface area contributed by atoms with E-state index in [0.717, 1.165) is 6.07 Å². The summed E-state index contributed by atoms with van der Waals surface area (Å²) < 4.78 is 15.7. The van der Waals surface area contributed by atoms with E-state index in [1.807, 2.05) is 0 Å². The molecule has 150 valence electrons. The van der Waals surface area contributed by atoms with Crippen LogP contribution >= 0.6 is 11.6 Å². The minimum absolute atomic E-state index is 0.00583. The molecule has 2 aromatic carbocycles. The predicted octanol–water partition coefficient (Wildman–Crippen LogP) is 3.82. The molecule has 9 nitrogen and oxygen atoms in total. The molecule has 2 rings (SSSR count). The Labute approximate surface area is 171 Å². The lowest BCUT2D eigenvalue weighted by molar-refractivity contribution is -0.384. The Morgan fingerprint density at radius 3 is 2.31 bits per heavy atom. The Kier molecular flexibility index (Phi) is 7.00. The van der Waals surface area contributed by atoms with Crippen molar-refractivity contribution < 1.29 is 23.9 Å². The molecule has 0 aliphatic rings. The average molecular weight is 418 g/mol. The van der Waals surface area contributed by atoms with Gasteiger partial charge in [-0.25, -0.2) is 0 Å². The SMILES string of the molecule is COc1cc(OC)c(OC)cc1/C=C(\C#N)C(=O)Nc1cc([N+](=O)[O-])ccc1Cl. The number of ether oxygens (including phenoxy) is 3. The third-order valence-electron chi connectivity index (χ3n) is 3.81. The summed E-state index contributed by atoms with van der Waals surface area (Å²) in [6, 6.07) is 8.47. The quantitative estimate of drug-likeness (QED) is 0.314. The Balaban J connectivity index is 2.42. The normalized spacial score (nSPS) is 10.7. The van der Waals surface area contributed by atoms with Gasteiger partial charge in [0.15, 0.2) is 11.5 Å². The molecule has 29 heavy (non-hydrogen) atoms. The number of methoxy groups -OCH3 is 3. The Morgan fingerprint density at radius 1 is 1.14 bits per heavy atom. The zero-order valence-corrected chi connectivity index (χ0v) is 16.4. The lowest BCUT2D eigenvalue weighted by Gasteiger charge is -2.12. The lowest BCUT2D eigenvalue weighted by atomic mass is 10.1. The second-order valence-corrected chi connectivity index (χ2v) is 5.90. The Hall–Kier alpha value is -3.77. The zero-order valence-electron chi connectivity index (χ0n) is 15.7. The fourth-order valence-corrected chi connectivity index (χ4v) is 2.55. The Bertz CT molecular complexity index is 1030. The number of anilines is 1. The molecule has 1 N–H and O–H groups in total. The number of hydrogen-bond donors (Lipinski definition) is 1. The second-order valence-electron chi connectivity index (χ2n) is 5.49. The first-order valence-corrected chi connectivity index (χ1v) is 8.39. The highest BCUT2D eigenvalue weighted by Crippen LogP contribution is 2.36. The maximum absolute atomic E-state index is 12.5. The molecule has 0 aliphatic heterocycles. The van der Waals surface area contributed by atoms with E-state index in [2.05, 4.69) is 5.32 Å². The number of rotatable bonds is 7. The number of amides is 1. The minimum Gasteiger partial charge on any atom is -0.496 e. The predicted molar refractivity (Wildman–Crippen MR) is 106 cm³/mol. The summed E-state index contributed by atoms with van der Waals surface area (Å²) in [5.74, 6) is 0.329. The third kappa shape index (κ3) is 4.94. The number of benzene rings is 2. The molecule has 0 fully saturated rings. The van der Waals surface area contributed by atoms with Gasteiger partial charge >= 0.3 is 0 Å². The number of hydrogen-bond acceptors (Lipinski definition) is 7. The van der Waals surface area contributed by atoms with Crippen LogP contribution < -0.4 is 19.5 Å². The van der Waals surface area contributed by atoms with Gasteiger partial charge in [0.25, 0.3) is 11.6 Å². The van der Waals surface area contributed by atoms with Gasteiger partial charge in [0, 0.05) is 23.8 Å². The number of non-ortho nitro benzene ring substituents is 1. The van der Waals surface area contributed by atoms with E-state index in [9.17, 15) is 20.2 Å². The summed E-state index contributed by atoms with van der Waals surface area (Å²) >= 11 is 5.98. The van der Waals surface area contributed by atoms with Crippen molar-refractivity contribution >= 4 is 35.0 Å². The first kappa shape index (κ1) is 21.5. The van der Waals surface area contributed by atoms with Crippen molar-refractivity contribution in [1.29, 1.82) is 5.26 Å². The van der Waals surface area contributed by atoms with Crippen LogP contribution in [0.5, 0.6) is 17.2 Å². The van der Waals surface area contributed by atoms with Crippen molar-refractivity contribution in [2.75, 3.05) is 26.6 Å². The maximum atomic E-state index is 12.5.